The molecule has 6 heteroatoms. The molecule has 0 atom stereocenters. The first-order valence-electron chi connectivity index (χ1n) is 8.42. The van der Waals surface area contributed by atoms with Crippen molar-refractivity contribution in [3.8, 4) is 0 Å². The molecular formula is C19H23ClN4O. The number of urea groups is 1. The monoisotopic (exact) mass is 358 g/mol. The summed E-state index contributed by atoms with van der Waals surface area (Å²) >= 11 is 5.84. The lowest BCUT2D eigenvalue weighted by Gasteiger charge is -2.32. The molecule has 5 nitrogen and oxygen atoms in total. The van der Waals surface area contributed by atoms with Crippen molar-refractivity contribution in [2.75, 3.05) is 43.9 Å². The number of nitrogens with one attached hydrogen (secondary N) is 2. The maximum atomic E-state index is 12.0. The summed E-state index contributed by atoms with van der Waals surface area (Å²) in [5, 5.41) is 6.26. The van der Waals surface area contributed by atoms with E-state index < -0.39 is 0 Å². The summed E-state index contributed by atoms with van der Waals surface area (Å²) < 4.78 is 0. The minimum atomic E-state index is -0.269. The summed E-state index contributed by atoms with van der Waals surface area (Å²) in [5.74, 6) is 0. The fraction of sp³-hybridized carbons (Fsp3) is 0.316. The van der Waals surface area contributed by atoms with Gasteiger partial charge >= 0.3 is 6.03 Å². The first-order chi connectivity index (χ1) is 12.1. The van der Waals surface area contributed by atoms with E-state index in [-0.39, 0.29) is 6.03 Å². The molecule has 0 spiro atoms. The van der Waals surface area contributed by atoms with Gasteiger partial charge in [-0.1, -0.05) is 23.7 Å². The van der Waals surface area contributed by atoms with Gasteiger partial charge in [0.05, 0.1) is 0 Å². The van der Waals surface area contributed by atoms with Crippen LogP contribution in [-0.2, 0) is 6.54 Å². The molecule has 0 saturated carbocycles. The summed E-state index contributed by atoms with van der Waals surface area (Å²) in [4.78, 5) is 16.8. The maximum absolute atomic E-state index is 12.0. The smallest absolute Gasteiger partial charge is 0.308 e. The van der Waals surface area contributed by atoms with Crippen LogP contribution in [-0.4, -0.2) is 49.1 Å². The predicted octanol–water partition coefficient (Wildman–Crippen LogP) is 3.73. The van der Waals surface area contributed by atoms with Crippen LogP contribution >= 0.6 is 11.6 Å². The molecular weight excluding hydrogens is 336 g/mol. The SMILES string of the molecule is CN1CCN(Cc2ccc(NC(=O)Nc3ccc(Cl)cc3)cc2)CC1. The molecule has 2 aromatic carbocycles. The minimum Gasteiger partial charge on any atom is -0.308 e. The molecule has 2 amide bonds. The number of rotatable bonds is 4. The normalized spacial score (nSPS) is 15.8. The van der Waals surface area contributed by atoms with Gasteiger partial charge in [-0.3, -0.25) is 4.90 Å². The standard InChI is InChI=1S/C19H23ClN4O/c1-23-10-12-24(13-11-23)14-15-2-6-17(7-3-15)21-19(25)22-18-8-4-16(20)5-9-18/h2-9H,10-14H2,1H3,(H2,21,22,25). The Hall–Kier alpha value is -2.08. The van der Waals surface area contributed by atoms with Crippen LogP contribution in [0.4, 0.5) is 16.2 Å². The lowest BCUT2D eigenvalue weighted by molar-refractivity contribution is 0.148. The quantitative estimate of drug-likeness (QED) is 0.875. The summed E-state index contributed by atoms with van der Waals surface area (Å²) in [6, 6.07) is 14.7. The molecule has 1 fully saturated rings. The van der Waals surface area contributed by atoms with Crippen molar-refractivity contribution in [1.29, 1.82) is 0 Å². The van der Waals surface area contributed by atoms with Crippen molar-refractivity contribution < 1.29 is 4.79 Å². The molecule has 132 valence electrons. The van der Waals surface area contributed by atoms with Crippen molar-refractivity contribution >= 4 is 29.0 Å². The molecule has 1 heterocycles. The Morgan fingerprint density at radius 2 is 1.44 bits per heavy atom. The van der Waals surface area contributed by atoms with E-state index in [4.69, 9.17) is 11.6 Å². The third-order valence-corrected chi connectivity index (χ3v) is 4.57. The number of hydrogen-bond acceptors (Lipinski definition) is 3. The molecule has 25 heavy (non-hydrogen) atoms. The number of piperazine rings is 1. The molecule has 1 saturated heterocycles. The number of hydrogen-bond donors (Lipinski definition) is 2. The van der Waals surface area contributed by atoms with Crippen molar-refractivity contribution in [3.63, 3.8) is 0 Å². The number of halogens is 1. The van der Waals surface area contributed by atoms with Crippen LogP contribution < -0.4 is 10.6 Å². The number of benzene rings is 2. The van der Waals surface area contributed by atoms with Gasteiger partial charge in [0.25, 0.3) is 0 Å². The Kier molecular flexibility index (Phi) is 5.91. The van der Waals surface area contributed by atoms with Crippen LogP contribution in [0.1, 0.15) is 5.56 Å². The van der Waals surface area contributed by atoms with E-state index in [1.807, 2.05) is 12.1 Å². The van der Waals surface area contributed by atoms with E-state index in [1.165, 1.54) is 5.56 Å². The number of nitrogens with zero attached hydrogens (tertiary/aromatic N) is 2. The second kappa shape index (κ2) is 8.34. The van der Waals surface area contributed by atoms with Gasteiger partial charge < -0.3 is 15.5 Å². The molecule has 1 aliphatic rings. The van der Waals surface area contributed by atoms with Crippen molar-refractivity contribution in [2.45, 2.75) is 6.54 Å². The lowest BCUT2D eigenvalue weighted by Crippen LogP contribution is -2.43. The molecule has 0 aromatic heterocycles. The van der Waals surface area contributed by atoms with E-state index in [1.54, 1.807) is 24.3 Å². The molecule has 2 N–H and O–H groups in total. The van der Waals surface area contributed by atoms with Crippen molar-refractivity contribution in [2.24, 2.45) is 0 Å². The fourth-order valence-corrected chi connectivity index (χ4v) is 2.91. The highest BCUT2D eigenvalue weighted by atomic mass is 35.5. The van der Waals surface area contributed by atoms with Gasteiger partial charge in [-0.2, -0.15) is 0 Å². The van der Waals surface area contributed by atoms with Gasteiger partial charge in [0.15, 0.2) is 0 Å². The molecule has 2 aromatic rings. The van der Waals surface area contributed by atoms with E-state index in [2.05, 4.69) is 39.6 Å². The Morgan fingerprint density at radius 1 is 0.920 bits per heavy atom. The fourth-order valence-electron chi connectivity index (χ4n) is 2.78. The topological polar surface area (TPSA) is 47.6 Å². The van der Waals surface area contributed by atoms with Crippen molar-refractivity contribution in [3.05, 3.63) is 59.1 Å². The summed E-state index contributed by atoms with van der Waals surface area (Å²) in [6.45, 7) is 5.38. The average molecular weight is 359 g/mol. The zero-order valence-corrected chi connectivity index (χ0v) is 15.1. The van der Waals surface area contributed by atoms with E-state index in [0.29, 0.717) is 10.7 Å². The van der Waals surface area contributed by atoms with Gasteiger partial charge in [-0.25, -0.2) is 4.79 Å². The predicted molar refractivity (Wildman–Crippen MR) is 103 cm³/mol. The first kappa shape index (κ1) is 17.7. The third-order valence-electron chi connectivity index (χ3n) is 4.32. The third kappa shape index (κ3) is 5.46. The number of carbonyl (C=O) groups is 1. The highest BCUT2D eigenvalue weighted by Gasteiger charge is 2.13. The van der Waals surface area contributed by atoms with Gasteiger partial charge in [0.2, 0.25) is 0 Å². The number of carbonyl (C=O) groups excluding carboxylic acids is 1. The van der Waals surface area contributed by atoms with Gasteiger partial charge in [0.1, 0.15) is 0 Å². The number of likely N-dealkylation sites (N-methyl/N-ethyl adjacent to an activating group) is 1. The summed E-state index contributed by atoms with van der Waals surface area (Å²) in [6.07, 6.45) is 0. The maximum Gasteiger partial charge on any atom is 0.323 e. The Labute approximate surface area is 153 Å². The first-order valence-corrected chi connectivity index (χ1v) is 8.80. The molecule has 1 aliphatic heterocycles. The molecule has 0 aliphatic carbocycles. The van der Waals surface area contributed by atoms with Crippen molar-refractivity contribution in [1.82, 2.24) is 9.80 Å². The van der Waals surface area contributed by atoms with Gasteiger partial charge in [0, 0.05) is 49.1 Å². The van der Waals surface area contributed by atoms with E-state index >= 15 is 0 Å². The highest BCUT2D eigenvalue weighted by Crippen LogP contribution is 2.15. The van der Waals surface area contributed by atoms with E-state index in [9.17, 15) is 4.79 Å². The largest absolute Gasteiger partial charge is 0.323 e. The Morgan fingerprint density at radius 3 is 2.00 bits per heavy atom. The number of amides is 2. The second-order valence-corrected chi connectivity index (χ2v) is 6.80. The number of anilines is 2. The molecule has 0 radical (unpaired) electrons. The average Bonchev–Trinajstić information content (AvgIpc) is 2.61. The molecule has 0 bridgehead atoms. The van der Waals surface area contributed by atoms with E-state index in [0.717, 1.165) is 38.4 Å². The zero-order chi connectivity index (χ0) is 17.6. The molecule has 3 rings (SSSR count). The summed E-state index contributed by atoms with van der Waals surface area (Å²) in [7, 11) is 2.16. The Bertz CT molecular complexity index is 694. The van der Waals surface area contributed by atoms with Crippen LogP contribution in [0.25, 0.3) is 0 Å². The van der Waals surface area contributed by atoms with Crippen LogP contribution in [0.15, 0.2) is 48.5 Å². The van der Waals surface area contributed by atoms with Crippen LogP contribution in [0.2, 0.25) is 5.02 Å². The highest BCUT2D eigenvalue weighted by molar-refractivity contribution is 6.30. The Balaban J connectivity index is 1.50. The van der Waals surface area contributed by atoms with Gasteiger partial charge in [-0.15, -0.1) is 0 Å². The van der Waals surface area contributed by atoms with Gasteiger partial charge in [-0.05, 0) is 49.0 Å². The minimum absolute atomic E-state index is 0.269. The lowest BCUT2D eigenvalue weighted by atomic mass is 10.2. The van der Waals surface area contributed by atoms with Crippen LogP contribution in [0.3, 0.4) is 0 Å². The zero-order valence-electron chi connectivity index (χ0n) is 14.3. The summed E-state index contributed by atoms with van der Waals surface area (Å²) in [5.41, 5.74) is 2.73. The second-order valence-electron chi connectivity index (χ2n) is 6.36. The van der Waals surface area contributed by atoms with Crippen LogP contribution in [0, 0.1) is 0 Å². The van der Waals surface area contributed by atoms with Crippen LogP contribution in [0.5, 0.6) is 0 Å². The molecule has 0 unspecified atom stereocenters.